The van der Waals surface area contributed by atoms with E-state index in [1.54, 1.807) is 6.33 Å². The first kappa shape index (κ1) is 17.4. The molecule has 0 unspecified atom stereocenters. The molecule has 0 saturated heterocycles. The average Bonchev–Trinajstić information content (AvgIpc) is 2.45. The number of rotatable bonds is 9. The van der Waals surface area contributed by atoms with Gasteiger partial charge < -0.3 is 15.1 Å². The van der Waals surface area contributed by atoms with Crippen LogP contribution < -0.4 is 10.8 Å². The molecule has 6 heteroatoms. The first-order chi connectivity index (χ1) is 10.0. The fraction of sp³-hybridized carbons (Fsp3) is 0.600. The van der Waals surface area contributed by atoms with Gasteiger partial charge in [-0.05, 0) is 41.3 Å². The van der Waals surface area contributed by atoms with Crippen molar-refractivity contribution in [2.24, 2.45) is 0 Å². The Balaban J connectivity index is 2.52. The van der Waals surface area contributed by atoms with Gasteiger partial charge in [-0.25, -0.2) is 9.97 Å². The summed E-state index contributed by atoms with van der Waals surface area (Å²) in [7, 11) is 4.18. The van der Waals surface area contributed by atoms with Gasteiger partial charge in [0.1, 0.15) is 17.9 Å². The van der Waals surface area contributed by atoms with Crippen molar-refractivity contribution in [3.63, 3.8) is 0 Å². The third-order valence-corrected chi connectivity index (χ3v) is 3.17. The molecule has 0 radical (unpaired) electrons. The second-order valence-corrected chi connectivity index (χ2v) is 5.21. The molecule has 1 rings (SSSR count). The molecule has 0 fully saturated rings. The SMILES string of the molecule is CCNO/C(C)=C/c1cc(NCC[C@H](C)N(C)C)ncn1. The maximum Gasteiger partial charge on any atom is 0.129 e. The first-order valence-corrected chi connectivity index (χ1v) is 7.33. The van der Waals surface area contributed by atoms with E-state index in [4.69, 9.17) is 4.84 Å². The van der Waals surface area contributed by atoms with Gasteiger partial charge in [0.05, 0.1) is 5.69 Å². The lowest BCUT2D eigenvalue weighted by atomic mass is 10.2. The lowest BCUT2D eigenvalue weighted by molar-refractivity contribution is 0.114. The molecule has 0 aliphatic heterocycles. The monoisotopic (exact) mass is 293 g/mol. The van der Waals surface area contributed by atoms with Crippen LogP contribution in [-0.4, -0.2) is 48.1 Å². The molecule has 1 heterocycles. The smallest absolute Gasteiger partial charge is 0.129 e. The summed E-state index contributed by atoms with van der Waals surface area (Å²) in [4.78, 5) is 15.9. The van der Waals surface area contributed by atoms with Crippen molar-refractivity contribution in [2.75, 3.05) is 32.5 Å². The van der Waals surface area contributed by atoms with Crippen molar-refractivity contribution in [1.82, 2.24) is 20.3 Å². The predicted molar refractivity (Wildman–Crippen MR) is 86.7 cm³/mol. The minimum atomic E-state index is 0.537. The van der Waals surface area contributed by atoms with E-state index in [-0.39, 0.29) is 0 Å². The van der Waals surface area contributed by atoms with Crippen LogP contribution in [0.2, 0.25) is 0 Å². The first-order valence-electron chi connectivity index (χ1n) is 7.33. The maximum atomic E-state index is 5.30. The molecule has 1 atom stereocenters. The number of anilines is 1. The third kappa shape index (κ3) is 7.06. The molecule has 0 spiro atoms. The Morgan fingerprint density at radius 1 is 1.43 bits per heavy atom. The van der Waals surface area contributed by atoms with Crippen molar-refractivity contribution in [3.05, 3.63) is 23.8 Å². The molecule has 0 bridgehead atoms. The minimum Gasteiger partial charge on any atom is -0.413 e. The van der Waals surface area contributed by atoms with E-state index in [2.05, 4.69) is 46.7 Å². The number of hydroxylamine groups is 1. The summed E-state index contributed by atoms with van der Waals surface area (Å²) in [5, 5.41) is 3.32. The number of nitrogens with zero attached hydrogens (tertiary/aromatic N) is 3. The highest BCUT2D eigenvalue weighted by molar-refractivity contribution is 5.51. The summed E-state index contributed by atoms with van der Waals surface area (Å²) < 4.78 is 0. The van der Waals surface area contributed by atoms with Crippen LogP contribution in [-0.2, 0) is 4.84 Å². The normalized spacial score (nSPS) is 13.3. The zero-order valence-corrected chi connectivity index (χ0v) is 13.7. The Labute approximate surface area is 127 Å². The maximum absolute atomic E-state index is 5.30. The molecule has 2 N–H and O–H groups in total. The average molecular weight is 293 g/mol. The van der Waals surface area contributed by atoms with Crippen LogP contribution >= 0.6 is 0 Å². The van der Waals surface area contributed by atoms with Crippen LogP contribution in [0.3, 0.4) is 0 Å². The highest BCUT2D eigenvalue weighted by atomic mass is 16.6. The van der Waals surface area contributed by atoms with E-state index in [1.807, 2.05) is 26.0 Å². The van der Waals surface area contributed by atoms with Crippen molar-refractivity contribution in [2.45, 2.75) is 33.2 Å². The van der Waals surface area contributed by atoms with Crippen molar-refractivity contribution in [3.8, 4) is 0 Å². The molecule has 0 amide bonds. The van der Waals surface area contributed by atoms with Crippen LogP contribution in [0.1, 0.15) is 32.9 Å². The Bertz CT molecular complexity index is 447. The zero-order chi connectivity index (χ0) is 15.7. The molecule has 6 nitrogen and oxygen atoms in total. The summed E-state index contributed by atoms with van der Waals surface area (Å²) in [6.45, 7) is 7.71. The van der Waals surface area contributed by atoms with Crippen LogP contribution in [0.5, 0.6) is 0 Å². The van der Waals surface area contributed by atoms with Gasteiger partial charge in [-0.1, -0.05) is 0 Å². The molecule has 118 valence electrons. The molecule has 1 aromatic rings. The quantitative estimate of drug-likeness (QED) is 0.537. The Morgan fingerprint density at radius 3 is 2.86 bits per heavy atom. The molecule has 21 heavy (non-hydrogen) atoms. The number of allylic oxidation sites excluding steroid dienone is 1. The van der Waals surface area contributed by atoms with Gasteiger partial charge in [-0.3, -0.25) is 0 Å². The van der Waals surface area contributed by atoms with Gasteiger partial charge in [-0.2, -0.15) is 5.48 Å². The van der Waals surface area contributed by atoms with Crippen LogP contribution in [0.15, 0.2) is 18.2 Å². The number of hydrogen-bond donors (Lipinski definition) is 2. The lowest BCUT2D eigenvalue weighted by Crippen LogP contribution is -2.26. The fourth-order valence-corrected chi connectivity index (χ4v) is 1.64. The highest BCUT2D eigenvalue weighted by Gasteiger charge is 2.04. The van der Waals surface area contributed by atoms with Crippen molar-refractivity contribution >= 4 is 11.9 Å². The second-order valence-electron chi connectivity index (χ2n) is 5.21. The van der Waals surface area contributed by atoms with Gasteiger partial charge in [0.2, 0.25) is 0 Å². The molecule has 0 aromatic carbocycles. The summed E-state index contributed by atoms with van der Waals surface area (Å²) in [6.07, 6.45) is 4.49. The summed E-state index contributed by atoms with van der Waals surface area (Å²) in [5.41, 5.74) is 3.63. The standard InChI is InChI=1S/C15H27N5O/c1-6-19-21-13(3)9-14-10-15(18-11-17-14)16-8-7-12(2)20(4)5/h9-12,19H,6-8H2,1-5H3,(H,16,17,18)/b13-9+/t12-/m0/s1. The Hall–Kier alpha value is -1.66. The van der Waals surface area contributed by atoms with E-state index < -0.39 is 0 Å². The van der Waals surface area contributed by atoms with Gasteiger partial charge in [-0.15, -0.1) is 0 Å². The lowest BCUT2D eigenvalue weighted by Gasteiger charge is -2.19. The minimum absolute atomic E-state index is 0.537. The second kappa shape index (κ2) is 9.31. The number of nitrogens with one attached hydrogen (secondary N) is 2. The van der Waals surface area contributed by atoms with Crippen molar-refractivity contribution in [1.29, 1.82) is 0 Å². The Kier molecular flexibility index (Phi) is 7.71. The molecule has 1 aromatic heterocycles. The summed E-state index contributed by atoms with van der Waals surface area (Å²) >= 11 is 0. The van der Waals surface area contributed by atoms with Gasteiger partial charge in [0, 0.05) is 31.3 Å². The molecule has 0 aliphatic rings. The molecular formula is C15H27N5O. The van der Waals surface area contributed by atoms with E-state index >= 15 is 0 Å². The zero-order valence-electron chi connectivity index (χ0n) is 13.7. The van der Waals surface area contributed by atoms with Crippen LogP contribution in [0, 0.1) is 0 Å². The predicted octanol–water partition coefficient (Wildman–Crippen LogP) is 2.13. The summed E-state index contributed by atoms with van der Waals surface area (Å²) in [6, 6.07) is 2.45. The summed E-state index contributed by atoms with van der Waals surface area (Å²) in [5.74, 6) is 1.60. The molecule has 0 saturated carbocycles. The number of hydrogen-bond acceptors (Lipinski definition) is 6. The highest BCUT2D eigenvalue weighted by Crippen LogP contribution is 2.09. The molecule has 0 aliphatic carbocycles. The van der Waals surface area contributed by atoms with Crippen molar-refractivity contribution < 1.29 is 4.84 Å². The van der Waals surface area contributed by atoms with Crippen LogP contribution in [0.4, 0.5) is 5.82 Å². The van der Waals surface area contributed by atoms with Gasteiger partial charge in [0.15, 0.2) is 0 Å². The Morgan fingerprint density at radius 2 is 2.19 bits per heavy atom. The van der Waals surface area contributed by atoms with E-state index in [9.17, 15) is 0 Å². The van der Waals surface area contributed by atoms with E-state index in [0.29, 0.717) is 6.04 Å². The largest absolute Gasteiger partial charge is 0.413 e. The third-order valence-electron chi connectivity index (χ3n) is 3.17. The van der Waals surface area contributed by atoms with E-state index in [1.165, 1.54) is 0 Å². The number of aromatic nitrogens is 2. The van der Waals surface area contributed by atoms with E-state index in [0.717, 1.165) is 36.8 Å². The topological polar surface area (TPSA) is 62.3 Å². The van der Waals surface area contributed by atoms with Crippen LogP contribution in [0.25, 0.3) is 6.08 Å². The van der Waals surface area contributed by atoms with Gasteiger partial charge in [0.25, 0.3) is 0 Å². The van der Waals surface area contributed by atoms with Gasteiger partial charge >= 0.3 is 0 Å². The fourth-order valence-electron chi connectivity index (χ4n) is 1.64. The molecular weight excluding hydrogens is 266 g/mol.